The highest BCUT2D eigenvalue weighted by Gasteiger charge is 2.39. The van der Waals surface area contributed by atoms with Gasteiger partial charge in [0.2, 0.25) is 0 Å². The molecule has 5 rings (SSSR count). The molecule has 0 aliphatic heterocycles. The van der Waals surface area contributed by atoms with Gasteiger partial charge in [0.25, 0.3) is 20.0 Å². The van der Waals surface area contributed by atoms with Crippen molar-refractivity contribution in [2.24, 2.45) is 0 Å². The third-order valence-corrected chi connectivity index (χ3v) is 10.6. The second kappa shape index (κ2) is 9.30. The molecule has 186 valence electrons. The zero-order chi connectivity index (χ0) is 26.4. The minimum atomic E-state index is -4.70. The summed E-state index contributed by atoms with van der Waals surface area (Å²) in [5, 5.41) is 1.95. The lowest BCUT2D eigenvalue weighted by Crippen LogP contribution is -2.37. The fraction of sp³-hybridized carbons (Fsp3) is 0.0357. The lowest BCUT2D eigenvalue weighted by Gasteiger charge is -2.26. The van der Waals surface area contributed by atoms with Gasteiger partial charge in [-0.25, -0.2) is 0 Å². The number of carbonyl (C=O) groups is 1. The van der Waals surface area contributed by atoms with E-state index >= 15 is 0 Å². The highest BCUT2D eigenvalue weighted by atomic mass is 35.5. The number of halogens is 1. The van der Waals surface area contributed by atoms with Gasteiger partial charge in [-0.1, -0.05) is 84.4 Å². The second-order valence-electron chi connectivity index (χ2n) is 8.38. The fourth-order valence-electron chi connectivity index (χ4n) is 4.33. The van der Waals surface area contributed by atoms with Crippen LogP contribution >= 0.6 is 11.6 Å². The average molecular weight is 550 g/mol. The fourth-order valence-corrected chi connectivity index (χ4v) is 8.72. The van der Waals surface area contributed by atoms with Gasteiger partial charge >= 0.3 is 0 Å². The van der Waals surface area contributed by atoms with Crippen molar-refractivity contribution in [3.05, 3.63) is 114 Å². The molecular weight excluding hydrogens is 530 g/mol. The van der Waals surface area contributed by atoms with Gasteiger partial charge in [0.1, 0.15) is 0 Å². The first-order chi connectivity index (χ1) is 17.6. The maximum atomic E-state index is 14.3. The number of hydrogen-bond donors (Lipinski definition) is 0. The van der Waals surface area contributed by atoms with Crippen LogP contribution < -0.4 is 3.71 Å². The first-order valence-corrected chi connectivity index (χ1v) is 14.4. The van der Waals surface area contributed by atoms with Gasteiger partial charge in [-0.3, -0.25) is 4.79 Å². The molecule has 5 aromatic rings. The third kappa shape index (κ3) is 4.27. The predicted octanol–water partition coefficient (Wildman–Crippen LogP) is 6.43. The van der Waals surface area contributed by atoms with E-state index in [4.69, 9.17) is 11.6 Å². The third-order valence-electron chi connectivity index (χ3n) is 6.03. The molecule has 0 spiro atoms. The number of nitrogens with zero attached hydrogens (tertiary/aromatic N) is 1. The van der Waals surface area contributed by atoms with Gasteiger partial charge in [-0.2, -0.15) is 20.5 Å². The molecule has 0 bridgehead atoms. The molecule has 0 amide bonds. The maximum Gasteiger partial charge on any atom is 0.278 e. The Kier molecular flexibility index (Phi) is 6.27. The first-order valence-electron chi connectivity index (χ1n) is 11.2. The Labute approximate surface area is 219 Å². The van der Waals surface area contributed by atoms with Gasteiger partial charge in [0.15, 0.2) is 5.78 Å². The molecule has 0 aromatic heterocycles. The normalized spacial score (nSPS) is 12.1. The van der Waals surface area contributed by atoms with Gasteiger partial charge < -0.3 is 0 Å². The SMILES string of the molecule is CC(=O)c1ccc(N(S(=O)(=O)c2cccc3ccccc23)S(=O)(=O)c2cccc3ccccc23)cc1Cl. The van der Waals surface area contributed by atoms with E-state index in [1.165, 1.54) is 37.3 Å². The lowest BCUT2D eigenvalue weighted by atomic mass is 10.1. The van der Waals surface area contributed by atoms with Crippen molar-refractivity contribution >= 4 is 64.7 Å². The number of rotatable bonds is 6. The van der Waals surface area contributed by atoms with Gasteiger partial charge in [-0.05, 0) is 48.0 Å². The number of benzene rings is 5. The Bertz CT molecular complexity index is 1800. The number of ketones is 1. The number of carbonyl (C=O) groups excluding carboxylic acids is 1. The summed E-state index contributed by atoms with van der Waals surface area (Å²) in [5.41, 5.74) is -0.0636. The summed E-state index contributed by atoms with van der Waals surface area (Å²) in [6.07, 6.45) is 0. The molecular formula is C28H20ClNO5S2. The molecule has 0 unspecified atom stereocenters. The van der Waals surface area contributed by atoms with Crippen molar-refractivity contribution < 1.29 is 21.6 Å². The molecule has 9 heteroatoms. The van der Waals surface area contributed by atoms with Gasteiger partial charge in [0, 0.05) is 16.3 Å². The summed E-state index contributed by atoms with van der Waals surface area (Å²) in [5.74, 6) is -0.336. The molecule has 0 heterocycles. The highest BCUT2D eigenvalue weighted by Crippen LogP contribution is 2.37. The van der Waals surface area contributed by atoms with Crippen LogP contribution in [0.1, 0.15) is 17.3 Å². The Morgan fingerprint density at radius 3 is 1.57 bits per heavy atom. The van der Waals surface area contributed by atoms with Crippen LogP contribution in [0.25, 0.3) is 21.5 Å². The molecule has 0 radical (unpaired) electrons. The van der Waals surface area contributed by atoms with Crippen molar-refractivity contribution in [3.63, 3.8) is 0 Å². The molecule has 6 nitrogen and oxygen atoms in total. The number of anilines is 1. The molecule has 0 N–H and O–H groups in total. The van der Waals surface area contributed by atoms with Crippen molar-refractivity contribution in [2.75, 3.05) is 3.71 Å². The first kappa shape index (κ1) is 25.0. The Hall–Kier alpha value is -3.72. The average Bonchev–Trinajstić information content (AvgIpc) is 2.87. The van der Waals surface area contributed by atoms with E-state index in [0.29, 0.717) is 25.3 Å². The molecule has 0 saturated carbocycles. The molecule has 0 aliphatic carbocycles. The summed E-state index contributed by atoms with van der Waals surface area (Å²) in [6.45, 7) is 1.32. The Morgan fingerprint density at radius 1 is 0.649 bits per heavy atom. The van der Waals surface area contributed by atoms with E-state index in [9.17, 15) is 21.6 Å². The highest BCUT2D eigenvalue weighted by molar-refractivity contribution is 8.10. The van der Waals surface area contributed by atoms with Crippen LogP contribution in [-0.2, 0) is 20.0 Å². The van der Waals surface area contributed by atoms with E-state index in [-0.39, 0.29) is 31.8 Å². The van der Waals surface area contributed by atoms with E-state index in [2.05, 4.69) is 0 Å². The van der Waals surface area contributed by atoms with E-state index < -0.39 is 20.0 Å². The molecule has 0 saturated heterocycles. The minimum Gasteiger partial charge on any atom is -0.294 e. The molecule has 0 atom stereocenters. The molecule has 0 aliphatic rings. The number of sulfonamides is 2. The second-order valence-corrected chi connectivity index (χ2v) is 12.5. The Morgan fingerprint density at radius 2 is 1.11 bits per heavy atom. The van der Waals surface area contributed by atoms with Crippen LogP contribution in [0.5, 0.6) is 0 Å². The maximum absolute atomic E-state index is 14.3. The summed E-state index contributed by atoms with van der Waals surface area (Å²) in [6, 6.07) is 26.8. The zero-order valence-electron chi connectivity index (χ0n) is 19.5. The zero-order valence-corrected chi connectivity index (χ0v) is 21.9. The predicted molar refractivity (Wildman–Crippen MR) is 146 cm³/mol. The molecule has 37 heavy (non-hydrogen) atoms. The van der Waals surface area contributed by atoms with E-state index in [1.807, 2.05) is 0 Å². The van der Waals surface area contributed by atoms with E-state index in [0.717, 1.165) is 0 Å². The van der Waals surface area contributed by atoms with Gasteiger partial charge in [0.05, 0.1) is 20.5 Å². The van der Waals surface area contributed by atoms with Crippen LogP contribution in [0.4, 0.5) is 5.69 Å². The summed E-state index contributed by atoms with van der Waals surface area (Å²) in [7, 11) is -9.41. The topological polar surface area (TPSA) is 88.6 Å². The lowest BCUT2D eigenvalue weighted by molar-refractivity contribution is 0.101. The van der Waals surface area contributed by atoms with Crippen LogP contribution in [-0.4, -0.2) is 22.6 Å². The van der Waals surface area contributed by atoms with Gasteiger partial charge in [-0.15, -0.1) is 0 Å². The standard InChI is InChI=1S/C28H20ClNO5S2/c1-19(31)23-17-16-22(18-26(23)29)30(36(32,33)27-14-6-10-20-8-2-4-12-24(20)27)37(34,35)28-15-7-11-21-9-3-5-13-25(21)28/h2-18H,1H3. The summed E-state index contributed by atoms with van der Waals surface area (Å²) < 4.78 is 57.5. The summed E-state index contributed by atoms with van der Waals surface area (Å²) >= 11 is 6.31. The summed E-state index contributed by atoms with van der Waals surface area (Å²) in [4.78, 5) is 11.6. The number of hydrogen-bond acceptors (Lipinski definition) is 5. The van der Waals surface area contributed by atoms with E-state index in [1.54, 1.807) is 72.8 Å². The van der Waals surface area contributed by atoms with Crippen LogP contribution in [0.15, 0.2) is 113 Å². The van der Waals surface area contributed by atoms with Crippen LogP contribution in [0.2, 0.25) is 5.02 Å². The largest absolute Gasteiger partial charge is 0.294 e. The van der Waals surface area contributed by atoms with Crippen molar-refractivity contribution in [2.45, 2.75) is 16.7 Å². The van der Waals surface area contributed by atoms with Crippen LogP contribution in [0, 0.1) is 0 Å². The van der Waals surface area contributed by atoms with Crippen molar-refractivity contribution in [1.29, 1.82) is 0 Å². The molecule has 5 aromatic carbocycles. The molecule has 0 fully saturated rings. The minimum absolute atomic E-state index is 0.0590. The van der Waals surface area contributed by atoms with Crippen molar-refractivity contribution in [1.82, 2.24) is 0 Å². The van der Waals surface area contributed by atoms with Crippen molar-refractivity contribution in [3.8, 4) is 0 Å². The number of Topliss-reactive ketones (excluding diaryl/α,β-unsaturated/α-hetero) is 1. The Balaban J connectivity index is 1.84. The van der Waals surface area contributed by atoms with Crippen LogP contribution in [0.3, 0.4) is 0 Å². The smallest absolute Gasteiger partial charge is 0.278 e. The quantitative estimate of drug-likeness (QED) is 0.228. The monoisotopic (exact) mass is 549 g/mol. The number of fused-ring (bicyclic) bond motifs is 2.